The summed E-state index contributed by atoms with van der Waals surface area (Å²) in [6, 6.07) is 13.9. The van der Waals surface area contributed by atoms with E-state index in [1.54, 1.807) is 11.1 Å². The van der Waals surface area contributed by atoms with E-state index in [2.05, 4.69) is 74.5 Å². The van der Waals surface area contributed by atoms with Gasteiger partial charge in [-0.15, -0.1) is 0 Å². The van der Waals surface area contributed by atoms with Crippen LogP contribution in [-0.4, -0.2) is 0 Å². The minimum Gasteiger partial charge on any atom is 0 e. The Morgan fingerprint density at radius 3 is 1.64 bits per heavy atom. The van der Waals surface area contributed by atoms with Crippen molar-refractivity contribution >= 4 is 12.2 Å². The molecule has 0 saturated heterocycles. The van der Waals surface area contributed by atoms with Crippen molar-refractivity contribution in [3.05, 3.63) is 81.9 Å². The first-order valence-electron chi connectivity index (χ1n) is 7.54. The second kappa shape index (κ2) is 6.66. The van der Waals surface area contributed by atoms with Crippen molar-refractivity contribution in [2.45, 2.75) is 21.1 Å². The summed E-state index contributed by atoms with van der Waals surface area (Å²) < 4.78 is 1.46. The van der Waals surface area contributed by atoms with Crippen LogP contribution in [-0.2, 0) is 49.4 Å². The molecule has 106 valence electrons. The molecule has 2 heteroatoms. The number of allylic oxidation sites excluding steroid dienone is 2. The summed E-state index contributed by atoms with van der Waals surface area (Å²) in [5, 5.41) is 0. The fraction of sp³-hybridized carbons (Fsp3) is 0.200. The van der Waals surface area contributed by atoms with E-state index >= 15 is 0 Å². The molecular weight excluding hydrogens is 423 g/mol. The normalized spacial score (nSPS) is 20.5. The van der Waals surface area contributed by atoms with Gasteiger partial charge in [-0.2, -0.15) is 0 Å². The molecule has 0 spiro atoms. The van der Waals surface area contributed by atoms with Gasteiger partial charge in [0.1, 0.15) is 0 Å². The summed E-state index contributed by atoms with van der Waals surface area (Å²) in [7, 11) is 0. The van der Waals surface area contributed by atoms with Crippen molar-refractivity contribution in [2.24, 2.45) is 0 Å². The minimum absolute atomic E-state index is 0. The van der Waals surface area contributed by atoms with Gasteiger partial charge in [0.2, 0.25) is 0 Å². The van der Waals surface area contributed by atoms with Gasteiger partial charge in [0.25, 0.3) is 0 Å². The van der Waals surface area contributed by atoms with Gasteiger partial charge in [-0.1, -0.05) is 0 Å². The van der Waals surface area contributed by atoms with Gasteiger partial charge >= 0.3 is 138 Å². The molecule has 0 heterocycles. The summed E-state index contributed by atoms with van der Waals surface area (Å²) in [4.78, 5) is 0. The van der Waals surface area contributed by atoms with Crippen LogP contribution in [0.5, 0.6) is 0 Å². The third kappa shape index (κ3) is 3.02. The molecule has 2 atom stereocenters. The van der Waals surface area contributed by atoms with E-state index in [0.717, 1.165) is 7.25 Å². The average molecular weight is 441 g/mol. The van der Waals surface area contributed by atoms with Crippen LogP contribution in [0, 0.1) is 13.8 Å². The zero-order valence-corrected chi connectivity index (χ0v) is 17.8. The Bertz CT molecular complexity index is 706. The van der Waals surface area contributed by atoms with E-state index in [1.165, 1.54) is 22.3 Å². The largest absolute Gasteiger partial charge is 0 e. The third-order valence-electron chi connectivity index (χ3n) is 4.45. The predicted octanol–water partition coefficient (Wildman–Crippen LogP) is 5.22. The summed E-state index contributed by atoms with van der Waals surface area (Å²) >= 11 is -0.572. The Balaban J connectivity index is 0.00000144. The molecule has 0 aromatic heterocycles. The van der Waals surface area contributed by atoms with Crippen LogP contribution in [0.25, 0.3) is 12.2 Å². The van der Waals surface area contributed by atoms with Crippen molar-refractivity contribution in [1.82, 2.24) is 0 Å². The number of hydrogen-bond acceptors (Lipinski definition) is 0. The number of hydrogen-bond donors (Lipinski definition) is 0. The first kappa shape index (κ1) is 16.5. The van der Waals surface area contributed by atoms with Gasteiger partial charge in [0.05, 0.1) is 0 Å². The van der Waals surface area contributed by atoms with Crippen LogP contribution in [0.15, 0.2) is 48.6 Å². The molecule has 0 bridgehead atoms. The van der Waals surface area contributed by atoms with Crippen LogP contribution >= 0.6 is 0 Å². The molecule has 0 nitrogen and oxygen atoms in total. The predicted molar refractivity (Wildman–Crippen MR) is 85.9 cm³/mol. The summed E-state index contributed by atoms with van der Waals surface area (Å²) in [5.74, 6) is 0. The molecule has 2 unspecified atom stereocenters. The topological polar surface area (TPSA) is 0 Å². The molecule has 0 radical (unpaired) electrons. The van der Waals surface area contributed by atoms with Crippen molar-refractivity contribution < 1.29 is 49.4 Å². The molecule has 0 fully saturated rings. The molecule has 0 N–H and O–H groups in total. The fourth-order valence-corrected chi connectivity index (χ4v) is 7.48. The van der Waals surface area contributed by atoms with E-state index in [0.29, 0.717) is 0 Å². The number of aryl methyl sites for hydroxylation is 2. The van der Waals surface area contributed by atoms with Crippen LogP contribution in [0.2, 0.25) is 0 Å². The van der Waals surface area contributed by atoms with Gasteiger partial charge in [0, 0.05) is 26.2 Å². The molecule has 2 aliphatic carbocycles. The second-order valence-corrected chi connectivity index (χ2v) is 9.98. The Labute approximate surface area is 163 Å². The van der Waals surface area contributed by atoms with Gasteiger partial charge in [0.15, 0.2) is 0 Å². The zero-order valence-electron chi connectivity index (χ0n) is 12.9. The van der Waals surface area contributed by atoms with Gasteiger partial charge in [-0.3, -0.25) is 0 Å². The van der Waals surface area contributed by atoms with Gasteiger partial charge in [-0.25, -0.2) is 0 Å². The van der Waals surface area contributed by atoms with E-state index in [1.807, 2.05) is 0 Å². The summed E-state index contributed by atoms with van der Waals surface area (Å²) in [6.07, 6.45) is 9.58. The minimum atomic E-state index is -0.572. The van der Waals surface area contributed by atoms with E-state index in [9.17, 15) is 0 Å². The zero-order chi connectivity index (χ0) is 14.4. The van der Waals surface area contributed by atoms with E-state index < -0.39 is 23.2 Å². The van der Waals surface area contributed by atoms with Crippen molar-refractivity contribution in [3.8, 4) is 0 Å². The van der Waals surface area contributed by atoms with E-state index in [4.69, 9.17) is 0 Å². The molecule has 2 aromatic carbocycles. The maximum Gasteiger partial charge on any atom is 0 e. The van der Waals surface area contributed by atoms with Crippen LogP contribution in [0.1, 0.15) is 40.6 Å². The SMILES string of the molecule is Cc1ccc2c(c1)C=C[CH]2[Zr][CH]1C=Cc2cc(C)ccc21.[Zr]. The Morgan fingerprint density at radius 2 is 1.18 bits per heavy atom. The van der Waals surface area contributed by atoms with Crippen LogP contribution in [0.4, 0.5) is 0 Å². The third-order valence-corrected chi connectivity index (χ3v) is 8.69. The Hall–Kier alpha value is -0.314. The quantitative estimate of drug-likeness (QED) is 0.600. The fourth-order valence-electron chi connectivity index (χ4n) is 3.33. The van der Waals surface area contributed by atoms with Gasteiger partial charge in [-0.05, 0) is 0 Å². The maximum atomic E-state index is 2.45. The molecule has 0 aliphatic heterocycles. The Morgan fingerprint density at radius 1 is 0.727 bits per heavy atom. The van der Waals surface area contributed by atoms with Crippen molar-refractivity contribution in [2.75, 3.05) is 0 Å². The molecule has 22 heavy (non-hydrogen) atoms. The van der Waals surface area contributed by atoms with E-state index in [-0.39, 0.29) is 26.2 Å². The molecular formula is C20H18Zr2. The first-order valence-corrected chi connectivity index (χ1v) is 10.4. The average Bonchev–Trinajstić information content (AvgIpc) is 3.03. The summed E-state index contributed by atoms with van der Waals surface area (Å²) in [6.45, 7) is 4.36. The molecule has 4 rings (SSSR count). The molecule has 2 aromatic rings. The molecule has 0 amide bonds. The second-order valence-electron chi connectivity index (χ2n) is 6.10. The number of benzene rings is 2. The van der Waals surface area contributed by atoms with Crippen LogP contribution < -0.4 is 0 Å². The standard InChI is InChI=1S/2C10H9.2Zr/c2*1-8-5-6-9-3-2-4-10(9)7-8;;/h2*2-7H,1H3;;. The first-order chi connectivity index (χ1) is 10.2. The number of fused-ring (bicyclic) bond motifs is 2. The molecule has 2 aliphatic rings. The maximum absolute atomic E-state index is 2.45. The van der Waals surface area contributed by atoms with Crippen LogP contribution in [0.3, 0.4) is 0 Å². The molecule has 0 saturated carbocycles. The van der Waals surface area contributed by atoms with Crippen molar-refractivity contribution in [3.63, 3.8) is 0 Å². The monoisotopic (exact) mass is 438 g/mol. The van der Waals surface area contributed by atoms with Gasteiger partial charge < -0.3 is 0 Å². The number of rotatable bonds is 2. The summed E-state index contributed by atoms with van der Waals surface area (Å²) in [5.41, 5.74) is 8.78. The smallest absolute Gasteiger partial charge is 0 e. The van der Waals surface area contributed by atoms with Crippen molar-refractivity contribution in [1.29, 1.82) is 0 Å². The Kier molecular flexibility index (Phi) is 5.01.